The number of nitrogen functional groups attached to an aromatic ring is 1. The smallest absolute Gasteiger partial charge is 0.273 e. The van der Waals surface area contributed by atoms with Gasteiger partial charge in [-0.25, -0.2) is 18.2 Å². The van der Waals surface area contributed by atoms with Crippen LogP contribution in [0.3, 0.4) is 0 Å². The lowest BCUT2D eigenvalue weighted by Gasteiger charge is -2.05. The number of nitrogens with zero attached hydrogens (tertiary/aromatic N) is 1. The molecule has 1 heterocycles. The van der Waals surface area contributed by atoms with Gasteiger partial charge in [0, 0.05) is 0 Å². The van der Waals surface area contributed by atoms with Crippen LogP contribution in [0.5, 0.6) is 0 Å². The molecule has 0 bridgehead atoms. The molecule has 1 aromatic rings. The molecule has 1 rings (SSSR count). The molecule has 3 nitrogen and oxygen atoms in total. The zero-order chi connectivity index (χ0) is 10.9. The van der Waals surface area contributed by atoms with Crippen LogP contribution in [-0.2, 0) is 0 Å². The Morgan fingerprint density at radius 1 is 1.57 bits per heavy atom. The first-order valence-electron chi connectivity index (χ1n) is 3.37. The maximum absolute atomic E-state index is 13.1. The minimum atomic E-state index is -3.07. The van der Waals surface area contributed by atoms with E-state index >= 15 is 0 Å². The van der Waals surface area contributed by atoms with E-state index in [1.165, 1.54) is 0 Å². The number of hydrogen-bond donors (Lipinski definition) is 1. The molecule has 0 spiro atoms. The van der Waals surface area contributed by atoms with Gasteiger partial charge in [0.25, 0.3) is 11.7 Å². The molecule has 7 heteroatoms. The number of rotatable bonds is 2. The minimum absolute atomic E-state index is 0.384. The highest BCUT2D eigenvalue weighted by Crippen LogP contribution is 2.25. The Hall–Kier alpha value is -1.30. The van der Waals surface area contributed by atoms with E-state index < -0.39 is 28.7 Å². The van der Waals surface area contributed by atoms with Crippen molar-refractivity contribution in [1.29, 1.82) is 0 Å². The second-order valence-corrected chi connectivity index (χ2v) is 2.72. The summed E-state index contributed by atoms with van der Waals surface area (Å²) < 4.78 is 37.4. The van der Waals surface area contributed by atoms with E-state index in [1.54, 1.807) is 0 Å². The van der Waals surface area contributed by atoms with Gasteiger partial charge in [-0.2, -0.15) is 0 Å². The quantitative estimate of drug-likeness (QED) is 0.783. The second kappa shape index (κ2) is 3.83. The highest BCUT2D eigenvalue weighted by Gasteiger charge is 2.21. The lowest BCUT2D eigenvalue weighted by Crippen LogP contribution is -2.06. The maximum Gasteiger partial charge on any atom is 0.273 e. The molecule has 0 aromatic carbocycles. The van der Waals surface area contributed by atoms with Crippen LogP contribution in [-0.4, -0.2) is 10.2 Å². The Kier molecular flexibility index (Phi) is 2.95. The summed E-state index contributed by atoms with van der Waals surface area (Å²) in [5.41, 5.74) is 3.21. The van der Waals surface area contributed by atoms with Crippen molar-refractivity contribution in [2.45, 2.75) is 6.43 Å². The zero-order valence-electron chi connectivity index (χ0n) is 6.60. The molecule has 0 aliphatic heterocycles. The van der Waals surface area contributed by atoms with Crippen LogP contribution in [0.1, 0.15) is 22.5 Å². The molecular formula is C7H4ClF3N2O. The first kappa shape index (κ1) is 10.8. The fourth-order valence-electron chi connectivity index (χ4n) is 0.859. The van der Waals surface area contributed by atoms with E-state index in [-0.39, 0.29) is 5.82 Å². The second-order valence-electron chi connectivity index (χ2n) is 2.37. The number of pyridine rings is 1. The average molecular weight is 225 g/mol. The molecule has 0 saturated heterocycles. The number of carbonyl (C=O) groups is 1. The van der Waals surface area contributed by atoms with Gasteiger partial charge in [-0.15, -0.1) is 0 Å². The highest BCUT2D eigenvalue weighted by atomic mass is 35.5. The molecule has 1 aromatic heterocycles. The summed E-state index contributed by atoms with van der Waals surface area (Å²) in [6.45, 7) is 0. The van der Waals surface area contributed by atoms with Crippen LogP contribution in [0.25, 0.3) is 0 Å². The van der Waals surface area contributed by atoms with E-state index in [2.05, 4.69) is 4.98 Å². The van der Waals surface area contributed by atoms with Crippen molar-refractivity contribution in [3.05, 3.63) is 23.1 Å². The highest BCUT2D eigenvalue weighted by molar-refractivity contribution is 6.67. The molecule has 76 valence electrons. The topological polar surface area (TPSA) is 56.0 Å². The van der Waals surface area contributed by atoms with Crippen LogP contribution in [0.15, 0.2) is 6.07 Å². The molecule has 0 fully saturated rings. The first-order chi connectivity index (χ1) is 6.43. The number of hydrogen-bond acceptors (Lipinski definition) is 3. The van der Waals surface area contributed by atoms with E-state index in [4.69, 9.17) is 17.3 Å². The third-order valence-electron chi connectivity index (χ3n) is 1.43. The SMILES string of the molecule is Nc1cc(C(F)F)c(F)c(C(=O)Cl)n1. The van der Waals surface area contributed by atoms with Gasteiger partial charge in [0.2, 0.25) is 0 Å². The minimum Gasteiger partial charge on any atom is -0.384 e. The monoisotopic (exact) mass is 224 g/mol. The normalized spacial score (nSPS) is 10.6. The van der Waals surface area contributed by atoms with Crippen LogP contribution in [0.2, 0.25) is 0 Å². The standard InChI is InChI=1S/C7H4ClF3N2O/c8-6(14)5-4(9)2(7(10)11)1-3(12)13-5/h1,7H,(H2,12,13). The van der Waals surface area contributed by atoms with Gasteiger partial charge in [0.05, 0.1) is 5.56 Å². The Bertz CT molecular complexity index is 383. The Morgan fingerprint density at radius 2 is 2.14 bits per heavy atom. The summed E-state index contributed by atoms with van der Waals surface area (Å²) >= 11 is 4.92. The fourth-order valence-corrected chi connectivity index (χ4v) is 0.984. The van der Waals surface area contributed by atoms with Crippen LogP contribution < -0.4 is 5.73 Å². The van der Waals surface area contributed by atoms with Crippen molar-refractivity contribution in [3.8, 4) is 0 Å². The van der Waals surface area contributed by atoms with E-state index in [9.17, 15) is 18.0 Å². The van der Waals surface area contributed by atoms with Crippen molar-refractivity contribution in [2.24, 2.45) is 0 Å². The predicted molar refractivity (Wildman–Crippen MR) is 43.7 cm³/mol. The van der Waals surface area contributed by atoms with E-state index in [0.29, 0.717) is 6.07 Å². The van der Waals surface area contributed by atoms with Gasteiger partial charge < -0.3 is 5.73 Å². The lowest BCUT2D eigenvalue weighted by atomic mass is 10.2. The van der Waals surface area contributed by atoms with Gasteiger partial charge in [0.15, 0.2) is 11.5 Å². The Morgan fingerprint density at radius 3 is 2.57 bits per heavy atom. The number of carbonyl (C=O) groups excluding carboxylic acids is 1. The predicted octanol–water partition coefficient (Wildman–Crippen LogP) is 2.12. The van der Waals surface area contributed by atoms with E-state index in [0.717, 1.165) is 0 Å². The number of alkyl halides is 2. The molecule has 0 atom stereocenters. The van der Waals surface area contributed by atoms with Crippen molar-refractivity contribution in [3.63, 3.8) is 0 Å². The summed E-state index contributed by atoms with van der Waals surface area (Å²) in [5, 5.41) is -1.27. The summed E-state index contributed by atoms with van der Waals surface area (Å²) in [7, 11) is 0. The van der Waals surface area contributed by atoms with Gasteiger partial charge in [-0.05, 0) is 17.7 Å². The van der Waals surface area contributed by atoms with Crippen molar-refractivity contribution >= 4 is 22.7 Å². The fraction of sp³-hybridized carbons (Fsp3) is 0.143. The summed E-state index contributed by atoms with van der Waals surface area (Å²) in [6.07, 6.45) is -3.07. The van der Waals surface area contributed by atoms with Gasteiger partial charge in [-0.3, -0.25) is 4.79 Å². The van der Waals surface area contributed by atoms with E-state index in [1.807, 2.05) is 0 Å². The van der Waals surface area contributed by atoms with Crippen LogP contribution in [0, 0.1) is 5.82 Å². The molecule has 0 aliphatic carbocycles. The van der Waals surface area contributed by atoms with Gasteiger partial charge in [0.1, 0.15) is 5.82 Å². The molecule has 0 saturated carbocycles. The molecule has 0 amide bonds. The third-order valence-corrected chi connectivity index (χ3v) is 1.61. The molecule has 2 N–H and O–H groups in total. The molecule has 0 radical (unpaired) electrons. The number of anilines is 1. The number of aromatic nitrogens is 1. The average Bonchev–Trinajstić information content (AvgIpc) is 2.07. The van der Waals surface area contributed by atoms with Gasteiger partial charge in [-0.1, -0.05) is 0 Å². The Balaban J connectivity index is 3.40. The largest absolute Gasteiger partial charge is 0.384 e. The maximum atomic E-state index is 13.1. The zero-order valence-corrected chi connectivity index (χ0v) is 7.36. The summed E-state index contributed by atoms with van der Waals surface area (Å²) in [4.78, 5) is 13.8. The number of nitrogens with two attached hydrogens (primary N) is 1. The molecule has 14 heavy (non-hydrogen) atoms. The molecule has 0 aliphatic rings. The first-order valence-corrected chi connectivity index (χ1v) is 3.75. The summed E-state index contributed by atoms with van der Waals surface area (Å²) in [6, 6.07) is 0.656. The van der Waals surface area contributed by atoms with Crippen molar-refractivity contribution in [2.75, 3.05) is 5.73 Å². The Labute approximate surface area is 81.7 Å². The van der Waals surface area contributed by atoms with Gasteiger partial charge >= 0.3 is 0 Å². The molecular weight excluding hydrogens is 221 g/mol. The van der Waals surface area contributed by atoms with Crippen LogP contribution >= 0.6 is 11.6 Å². The van der Waals surface area contributed by atoms with Crippen molar-refractivity contribution in [1.82, 2.24) is 4.98 Å². The molecule has 0 unspecified atom stereocenters. The van der Waals surface area contributed by atoms with Crippen LogP contribution in [0.4, 0.5) is 19.0 Å². The summed E-state index contributed by atoms with van der Waals surface area (Å²) in [5.74, 6) is -1.82. The third kappa shape index (κ3) is 1.95. The lowest BCUT2D eigenvalue weighted by molar-refractivity contribution is 0.107. The number of halogens is 4. The van der Waals surface area contributed by atoms with Crippen molar-refractivity contribution < 1.29 is 18.0 Å².